The molecule has 0 aromatic heterocycles. The van der Waals surface area contributed by atoms with Crippen molar-refractivity contribution >= 4 is 18.0 Å². The summed E-state index contributed by atoms with van der Waals surface area (Å²) in [5, 5.41) is 5.35. The number of carbonyl (C=O) groups excluding carboxylic acids is 3. The van der Waals surface area contributed by atoms with E-state index in [1.807, 2.05) is 36.4 Å². The van der Waals surface area contributed by atoms with Crippen LogP contribution in [0.25, 0.3) is 11.1 Å². The number of rotatable bonds is 10. The zero-order chi connectivity index (χ0) is 23.6. The van der Waals surface area contributed by atoms with Crippen molar-refractivity contribution < 1.29 is 23.9 Å². The normalized spacial score (nSPS) is 13.2. The van der Waals surface area contributed by atoms with E-state index >= 15 is 0 Å². The topological polar surface area (TPSA) is 93.7 Å². The highest BCUT2D eigenvalue weighted by Gasteiger charge is 2.30. The predicted octanol–water partition coefficient (Wildman–Crippen LogP) is 4.28. The van der Waals surface area contributed by atoms with Gasteiger partial charge in [0.15, 0.2) is 0 Å². The number of hydrogen-bond acceptors (Lipinski definition) is 5. The number of alkyl carbamates (subject to hydrolysis) is 1. The second-order valence-corrected chi connectivity index (χ2v) is 7.91. The fourth-order valence-electron chi connectivity index (χ4n) is 3.99. The van der Waals surface area contributed by atoms with Crippen LogP contribution in [0.3, 0.4) is 0 Å². The molecule has 2 amide bonds. The summed E-state index contributed by atoms with van der Waals surface area (Å²) < 4.78 is 10.6. The Labute approximate surface area is 194 Å². The molecule has 0 fully saturated rings. The Morgan fingerprint density at radius 1 is 1.00 bits per heavy atom. The van der Waals surface area contributed by atoms with E-state index < -0.39 is 18.1 Å². The monoisotopic (exact) mass is 450 g/mol. The zero-order valence-electron chi connectivity index (χ0n) is 19.0. The summed E-state index contributed by atoms with van der Waals surface area (Å²) in [5.74, 6) is -0.717. The number of hydrogen-bond donors (Lipinski definition) is 2. The largest absolute Gasteiger partial charge is 0.449 e. The van der Waals surface area contributed by atoms with Crippen molar-refractivity contribution in [2.45, 2.75) is 45.1 Å². The van der Waals surface area contributed by atoms with E-state index in [0.29, 0.717) is 25.8 Å². The molecular formula is C26H30N2O5. The van der Waals surface area contributed by atoms with Gasteiger partial charge in [-0.15, -0.1) is 0 Å². The molecule has 7 heteroatoms. The fourth-order valence-corrected chi connectivity index (χ4v) is 3.99. The van der Waals surface area contributed by atoms with Crippen LogP contribution in [0.2, 0.25) is 0 Å². The zero-order valence-corrected chi connectivity index (χ0v) is 19.0. The minimum absolute atomic E-state index is 0.0609. The SMILES string of the molecule is C/C=C/OC(=O)[C@H](CCCCNC(C)=O)NC(=O)OCC1c2ccccc2-c2ccccc21. The highest BCUT2D eigenvalue weighted by molar-refractivity contribution is 5.82. The average molecular weight is 451 g/mol. The summed E-state index contributed by atoms with van der Waals surface area (Å²) in [6.07, 6.45) is 3.89. The third kappa shape index (κ3) is 6.44. The standard InChI is InChI=1S/C26H30N2O5/c1-3-16-32-25(30)24(14-8-9-15-27-18(2)29)28-26(31)33-17-23-21-12-6-4-10-19(21)20-11-5-7-13-22(20)23/h3-7,10-13,16,23-24H,8-9,14-15,17H2,1-2H3,(H,27,29)(H,28,31)/b16-3+/t24-/m0/s1. The molecule has 0 saturated carbocycles. The first kappa shape index (κ1) is 24.0. The summed E-state index contributed by atoms with van der Waals surface area (Å²) in [4.78, 5) is 35.9. The van der Waals surface area contributed by atoms with E-state index in [9.17, 15) is 14.4 Å². The van der Waals surface area contributed by atoms with Gasteiger partial charge in [0, 0.05) is 19.4 Å². The van der Waals surface area contributed by atoms with Crippen LogP contribution in [-0.4, -0.2) is 37.2 Å². The molecule has 33 heavy (non-hydrogen) atoms. The molecule has 3 rings (SSSR count). The summed E-state index contributed by atoms with van der Waals surface area (Å²) in [6.45, 7) is 3.86. The van der Waals surface area contributed by atoms with Gasteiger partial charge in [0.2, 0.25) is 5.91 Å². The fraction of sp³-hybridized carbons (Fsp3) is 0.346. The second kappa shape index (κ2) is 11.9. The second-order valence-electron chi connectivity index (χ2n) is 7.91. The first-order valence-corrected chi connectivity index (χ1v) is 11.2. The maximum Gasteiger partial charge on any atom is 0.407 e. The number of benzene rings is 2. The molecule has 1 aliphatic rings. The number of nitrogens with one attached hydrogen (secondary N) is 2. The molecule has 2 aromatic carbocycles. The summed E-state index contributed by atoms with van der Waals surface area (Å²) in [6, 6.07) is 15.4. The van der Waals surface area contributed by atoms with Gasteiger partial charge in [0.05, 0.1) is 6.26 Å². The lowest BCUT2D eigenvalue weighted by atomic mass is 9.98. The van der Waals surface area contributed by atoms with Crippen LogP contribution < -0.4 is 10.6 Å². The van der Waals surface area contributed by atoms with Crippen molar-refractivity contribution in [1.82, 2.24) is 10.6 Å². The molecule has 0 unspecified atom stereocenters. The van der Waals surface area contributed by atoms with Crippen molar-refractivity contribution in [3.05, 3.63) is 72.0 Å². The maximum absolute atomic E-state index is 12.6. The Morgan fingerprint density at radius 3 is 2.24 bits per heavy atom. The predicted molar refractivity (Wildman–Crippen MR) is 125 cm³/mol. The number of allylic oxidation sites excluding steroid dienone is 1. The Bertz CT molecular complexity index is 972. The molecule has 0 radical (unpaired) electrons. The molecule has 174 valence electrons. The minimum Gasteiger partial charge on any atom is -0.449 e. The third-order valence-corrected chi connectivity index (χ3v) is 5.53. The van der Waals surface area contributed by atoms with E-state index in [2.05, 4.69) is 22.8 Å². The van der Waals surface area contributed by atoms with E-state index in [1.54, 1.807) is 13.0 Å². The highest BCUT2D eigenvalue weighted by atomic mass is 16.6. The number of ether oxygens (including phenoxy) is 2. The quantitative estimate of drug-likeness (QED) is 0.320. The lowest BCUT2D eigenvalue weighted by molar-refractivity contribution is -0.140. The number of esters is 1. The van der Waals surface area contributed by atoms with Crippen LogP contribution in [-0.2, 0) is 19.1 Å². The average Bonchev–Trinajstić information content (AvgIpc) is 3.13. The van der Waals surface area contributed by atoms with Crippen LogP contribution in [0.1, 0.15) is 50.2 Å². The number of carbonyl (C=O) groups is 3. The van der Waals surface area contributed by atoms with Crippen molar-refractivity contribution in [3.63, 3.8) is 0 Å². The highest BCUT2D eigenvalue weighted by Crippen LogP contribution is 2.44. The molecule has 0 saturated heterocycles. The van der Waals surface area contributed by atoms with Gasteiger partial charge in [-0.05, 0) is 48.4 Å². The first-order valence-electron chi connectivity index (χ1n) is 11.2. The molecule has 1 aliphatic carbocycles. The molecule has 2 N–H and O–H groups in total. The van der Waals surface area contributed by atoms with Crippen LogP contribution >= 0.6 is 0 Å². The van der Waals surface area contributed by atoms with Gasteiger partial charge in [0.1, 0.15) is 12.6 Å². The summed E-state index contributed by atoms with van der Waals surface area (Å²) in [7, 11) is 0. The van der Waals surface area contributed by atoms with Gasteiger partial charge in [-0.25, -0.2) is 9.59 Å². The van der Waals surface area contributed by atoms with Gasteiger partial charge in [0.25, 0.3) is 0 Å². The van der Waals surface area contributed by atoms with E-state index in [-0.39, 0.29) is 18.4 Å². The lowest BCUT2D eigenvalue weighted by Gasteiger charge is -2.18. The van der Waals surface area contributed by atoms with Gasteiger partial charge in [-0.2, -0.15) is 0 Å². The Balaban J connectivity index is 1.59. The van der Waals surface area contributed by atoms with E-state index in [4.69, 9.17) is 9.47 Å². The van der Waals surface area contributed by atoms with Crippen LogP contribution in [0, 0.1) is 0 Å². The van der Waals surface area contributed by atoms with Crippen LogP contribution in [0.4, 0.5) is 4.79 Å². The molecule has 0 heterocycles. The van der Waals surface area contributed by atoms with Gasteiger partial charge in [-0.3, -0.25) is 4.79 Å². The molecule has 1 atom stereocenters. The van der Waals surface area contributed by atoms with Crippen molar-refractivity contribution in [2.24, 2.45) is 0 Å². The molecule has 0 bridgehead atoms. The van der Waals surface area contributed by atoms with Crippen molar-refractivity contribution in [3.8, 4) is 11.1 Å². The Kier molecular flexibility index (Phi) is 8.63. The van der Waals surface area contributed by atoms with Gasteiger partial charge < -0.3 is 20.1 Å². The summed E-state index contributed by atoms with van der Waals surface area (Å²) >= 11 is 0. The molecule has 0 spiro atoms. The van der Waals surface area contributed by atoms with Gasteiger partial charge >= 0.3 is 12.1 Å². The number of fused-ring (bicyclic) bond motifs is 3. The summed E-state index contributed by atoms with van der Waals surface area (Å²) in [5.41, 5.74) is 4.53. The maximum atomic E-state index is 12.6. The van der Waals surface area contributed by atoms with Crippen molar-refractivity contribution in [2.75, 3.05) is 13.2 Å². The minimum atomic E-state index is -0.839. The van der Waals surface area contributed by atoms with Crippen LogP contribution in [0.5, 0.6) is 0 Å². The van der Waals surface area contributed by atoms with Crippen LogP contribution in [0.15, 0.2) is 60.9 Å². The number of amides is 2. The Morgan fingerprint density at radius 2 is 1.64 bits per heavy atom. The smallest absolute Gasteiger partial charge is 0.407 e. The lowest BCUT2D eigenvalue weighted by Crippen LogP contribution is -2.42. The van der Waals surface area contributed by atoms with E-state index in [0.717, 1.165) is 22.3 Å². The van der Waals surface area contributed by atoms with Gasteiger partial charge in [-0.1, -0.05) is 54.6 Å². The van der Waals surface area contributed by atoms with Crippen molar-refractivity contribution in [1.29, 1.82) is 0 Å². The first-order chi connectivity index (χ1) is 16.0. The van der Waals surface area contributed by atoms with E-state index in [1.165, 1.54) is 13.2 Å². The molecular weight excluding hydrogens is 420 g/mol. The number of unbranched alkanes of at least 4 members (excludes halogenated alkanes) is 1. The molecule has 7 nitrogen and oxygen atoms in total. The molecule has 0 aliphatic heterocycles. The molecule has 2 aromatic rings. The Hall–Kier alpha value is -3.61. The third-order valence-electron chi connectivity index (χ3n) is 5.53.